The zero-order valence-electron chi connectivity index (χ0n) is 14.4. The van der Waals surface area contributed by atoms with E-state index in [-0.39, 0.29) is 22.6 Å². The number of hydrogen-bond acceptors (Lipinski definition) is 3. The van der Waals surface area contributed by atoms with E-state index in [2.05, 4.69) is 10.6 Å². The molecule has 1 aromatic rings. The van der Waals surface area contributed by atoms with Crippen molar-refractivity contribution >= 4 is 16.8 Å². The van der Waals surface area contributed by atoms with Crippen molar-refractivity contribution in [3.63, 3.8) is 0 Å². The first-order valence-corrected chi connectivity index (χ1v) is 9.21. The second-order valence-electron chi connectivity index (χ2n) is 6.67. The molecule has 0 aromatic heterocycles. The predicted molar refractivity (Wildman–Crippen MR) is 95.2 cm³/mol. The molecule has 0 radical (unpaired) electrons. The van der Waals surface area contributed by atoms with Gasteiger partial charge in [-0.25, -0.2) is 4.79 Å². The molecule has 0 aliphatic rings. The maximum atomic E-state index is 11.9. The van der Waals surface area contributed by atoms with Crippen molar-refractivity contribution in [2.75, 3.05) is 12.3 Å². The van der Waals surface area contributed by atoms with E-state index in [1.54, 1.807) is 12.1 Å². The number of urea groups is 1. The molecule has 2 amide bonds. The fourth-order valence-electron chi connectivity index (χ4n) is 1.96. The lowest BCUT2D eigenvalue weighted by Gasteiger charge is -2.18. The second kappa shape index (κ2) is 8.91. The quantitative estimate of drug-likeness (QED) is 0.714. The van der Waals surface area contributed by atoms with Gasteiger partial charge in [0, 0.05) is 33.9 Å². The summed E-state index contributed by atoms with van der Waals surface area (Å²) in [4.78, 5) is 11.8. The van der Waals surface area contributed by atoms with E-state index < -0.39 is 10.8 Å². The molecular weight excluding hydrogens is 312 g/mol. The maximum Gasteiger partial charge on any atom is 0.315 e. The normalized spacial score (nSPS) is 14.1. The van der Waals surface area contributed by atoms with Gasteiger partial charge in [-0.3, -0.25) is 4.21 Å². The molecule has 0 fully saturated rings. The average Bonchev–Trinajstić information content (AvgIpc) is 2.45. The standard InChI is InChI=1S/C17H28N2O3S/c1-13(5-6-14-7-9-15(20)10-8-14)19-16(21)18-11-12-23(22)17(2,3)4/h7-10,13,20H,5-6,11-12H2,1-4H3,(H2,18,19,21). The number of nitrogens with one attached hydrogen (secondary N) is 2. The van der Waals surface area contributed by atoms with Gasteiger partial charge >= 0.3 is 6.03 Å². The predicted octanol–water partition coefficient (Wildman–Crippen LogP) is 2.56. The summed E-state index contributed by atoms with van der Waals surface area (Å²) in [5, 5.41) is 14.9. The Morgan fingerprint density at radius 1 is 1.26 bits per heavy atom. The Morgan fingerprint density at radius 2 is 1.87 bits per heavy atom. The minimum Gasteiger partial charge on any atom is -0.508 e. The van der Waals surface area contributed by atoms with Crippen molar-refractivity contribution in [2.24, 2.45) is 0 Å². The minimum atomic E-state index is -0.960. The fourth-order valence-corrected chi connectivity index (χ4v) is 2.86. The fraction of sp³-hybridized carbons (Fsp3) is 0.588. The molecule has 130 valence electrons. The molecule has 2 unspecified atom stereocenters. The van der Waals surface area contributed by atoms with Crippen LogP contribution in [0.1, 0.15) is 39.7 Å². The molecule has 6 heteroatoms. The summed E-state index contributed by atoms with van der Waals surface area (Å²) in [5.74, 6) is 0.714. The Hall–Kier alpha value is -1.56. The highest BCUT2D eigenvalue weighted by Crippen LogP contribution is 2.12. The number of aryl methyl sites for hydroxylation is 1. The van der Waals surface area contributed by atoms with Crippen LogP contribution < -0.4 is 10.6 Å². The molecule has 23 heavy (non-hydrogen) atoms. The molecule has 0 saturated carbocycles. The van der Waals surface area contributed by atoms with Crippen LogP contribution in [0.15, 0.2) is 24.3 Å². The number of hydrogen-bond donors (Lipinski definition) is 3. The highest BCUT2D eigenvalue weighted by molar-refractivity contribution is 7.86. The van der Waals surface area contributed by atoms with Crippen LogP contribution in [0.5, 0.6) is 5.75 Å². The first-order chi connectivity index (χ1) is 10.7. The van der Waals surface area contributed by atoms with Gasteiger partial charge in [0.2, 0.25) is 0 Å². The molecule has 0 bridgehead atoms. The van der Waals surface area contributed by atoms with Crippen molar-refractivity contribution < 1.29 is 14.1 Å². The van der Waals surface area contributed by atoms with Gasteiger partial charge in [0.15, 0.2) is 0 Å². The third-order valence-corrected chi connectivity index (χ3v) is 5.38. The molecule has 0 aliphatic heterocycles. The van der Waals surface area contributed by atoms with Crippen LogP contribution in [0.4, 0.5) is 4.79 Å². The van der Waals surface area contributed by atoms with Gasteiger partial charge in [0.25, 0.3) is 0 Å². The molecule has 5 nitrogen and oxygen atoms in total. The Morgan fingerprint density at radius 3 is 2.43 bits per heavy atom. The third-order valence-electron chi connectivity index (χ3n) is 3.44. The van der Waals surface area contributed by atoms with E-state index >= 15 is 0 Å². The molecule has 2 atom stereocenters. The molecular formula is C17H28N2O3S. The summed E-state index contributed by atoms with van der Waals surface area (Å²) in [5.41, 5.74) is 1.12. The molecule has 3 N–H and O–H groups in total. The number of carbonyl (C=O) groups excluding carboxylic acids is 1. The zero-order valence-corrected chi connectivity index (χ0v) is 15.2. The molecule has 0 spiro atoms. The number of phenols is 1. The Kier molecular flexibility index (Phi) is 7.55. The third kappa shape index (κ3) is 8.02. The highest BCUT2D eigenvalue weighted by Gasteiger charge is 2.19. The summed E-state index contributed by atoms with van der Waals surface area (Å²) in [6.07, 6.45) is 1.64. The molecule has 1 rings (SSSR count). The van der Waals surface area contributed by atoms with Crippen molar-refractivity contribution in [3.8, 4) is 5.75 Å². The van der Waals surface area contributed by atoms with Crippen molar-refractivity contribution in [3.05, 3.63) is 29.8 Å². The minimum absolute atomic E-state index is 0.0388. The smallest absolute Gasteiger partial charge is 0.315 e. The number of aromatic hydroxyl groups is 1. The van der Waals surface area contributed by atoms with Crippen LogP contribution >= 0.6 is 0 Å². The number of amides is 2. The molecule has 1 aromatic carbocycles. The van der Waals surface area contributed by atoms with Crippen LogP contribution in [0.2, 0.25) is 0 Å². The zero-order chi connectivity index (χ0) is 17.5. The van der Waals surface area contributed by atoms with Crippen LogP contribution in [-0.2, 0) is 17.2 Å². The SMILES string of the molecule is CC(CCc1ccc(O)cc1)NC(=O)NCCS(=O)C(C)(C)C. The summed E-state index contributed by atoms with van der Waals surface area (Å²) < 4.78 is 11.6. The number of benzene rings is 1. The van der Waals surface area contributed by atoms with Gasteiger partial charge in [-0.05, 0) is 58.2 Å². The van der Waals surface area contributed by atoms with Crippen LogP contribution in [0.3, 0.4) is 0 Å². The van der Waals surface area contributed by atoms with Gasteiger partial charge < -0.3 is 15.7 Å². The van der Waals surface area contributed by atoms with Gasteiger partial charge in [-0.1, -0.05) is 12.1 Å². The molecule has 0 saturated heterocycles. The second-order valence-corrected chi connectivity index (χ2v) is 8.99. The average molecular weight is 340 g/mol. The van der Waals surface area contributed by atoms with E-state index in [0.29, 0.717) is 12.3 Å². The van der Waals surface area contributed by atoms with Crippen molar-refractivity contribution in [2.45, 2.75) is 51.3 Å². The summed E-state index contributed by atoms with van der Waals surface area (Å²) in [6, 6.07) is 6.89. The highest BCUT2D eigenvalue weighted by atomic mass is 32.2. The van der Waals surface area contributed by atoms with Crippen molar-refractivity contribution in [1.29, 1.82) is 0 Å². The van der Waals surface area contributed by atoms with E-state index in [1.807, 2.05) is 39.8 Å². The van der Waals surface area contributed by atoms with E-state index in [0.717, 1.165) is 18.4 Å². The summed E-state index contributed by atoms with van der Waals surface area (Å²) in [7, 11) is -0.960. The van der Waals surface area contributed by atoms with Crippen molar-refractivity contribution in [1.82, 2.24) is 10.6 Å². The molecule has 0 heterocycles. The Bertz CT molecular complexity index is 524. The molecule has 0 aliphatic carbocycles. The van der Waals surface area contributed by atoms with E-state index in [9.17, 15) is 14.1 Å². The van der Waals surface area contributed by atoms with E-state index in [4.69, 9.17) is 0 Å². The largest absolute Gasteiger partial charge is 0.508 e. The number of carbonyl (C=O) groups is 1. The van der Waals surface area contributed by atoms with Crippen LogP contribution in [0, 0.1) is 0 Å². The Balaban J connectivity index is 2.23. The lowest BCUT2D eigenvalue weighted by molar-refractivity contribution is 0.238. The summed E-state index contributed by atoms with van der Waals surface area (Å²) in [6.45, 7) is 8.13. The topological polar surface area (TPSA) is 78.4 Å². The number of rotatable bonds is 7. The van der Waals surface area contributed by atoms with Gasteiger partial charge in [-0.2, -0.15) is 0 Å². The summed E-state index contributed by atoms with van der Waals surface area (Å²) >= 11 is 0. The van der Waals surface area contributed by atoms with Crippen LogP contribution in [0.25, 0.3) is 0 Å². The Labute approximate surface area is 141 Å². The van der Waals surface area contributed by atoms with Gasteiger partial charge in [0.1, 0.15) is 5.75 Å². The lowest BCUT2D eigenvalue weighted by atomic mass is 10.1. The monoisotopic (exact) mass is 340 g/mol. The number of phenolic OH excluding ortho intramolecular Hbond substituents is 1. The first-order valence-electron chi connectivity index (χ1n) is 7.89. The maximum absolute atomic E-state index is 11.9. The van der Waals surface area contributed by atoms with E-state index in [1.165, 1.54) is 0 Å². The lowest BCUT2D eigenvalue weighted by Crippen LogP contribution is -2.43. The van der Waals surface area contributed by atoms with Crippen LogP contribution in [-0.4, -0.2) is 38.4 Å². The first kappa shape index (κ1) is 19.5. The van der Waals surface area contributed by atoms with Gasteiger partial charge in [0.05, 0.1) is 0 Å². The van der Waals surface area contributed by atoms with Gasteiger partial charge in [-0.15, -0.1) is 0 Å².